The molecular weight excluding hydrogens is 348 g/mol. The minimum absolute atomic E-state index is 0.0160. The molecule has 6 heteroatoms. The Morgan fingerprint density at radius 2 is 1.85 bits per heavy atom. The molecular formula is C21H24O6. The lowest BCUT2D eigenvalue weighted by Gasteiger charge is -2.14. The summed E-state index contributed by atoms with van der Waals surface area (Å²) in [5, 5.41) is 0. The molecule has 0 saturated heterocycles. The van der Waals surface area contributed by atoms with Crippen LogP contribution in [0.15, 0.2) is 42.5 Å². The molecule has 2 aromatic carbocycles. The fourth-order valence-corrected chi connectivity index (χ4v) is 2.52. The number of methoxy groups -OCH3 is 1. The number of hydrogen-bond donors (Lipinski definition) is 0. The highest BCUT2D eigenvalue weighted by Crippen LogP contribution is 2.33. The predicted octanol–water partition coefficient (Wildman–Crippen LogP) is 3.27. The van der Waals surface area contributed by atoms with E-state index in [0.717, 1.165) is 23.0 Å². The molecule has 0 atom stereocenters. The zero-order valence-corrected chi connectivity index (χ0v) is 15.6. The van der Waals surface area contributed by atoms with Gasteiger partial charge in [0, 0.05) is 12.7 Å². The molecule has 2 aromatic rings. The first-order chi connectivity index (χ1) is 13.2. The molecule has 0 aliphatic heterocycles. The van der Waals surface area contributed by atoms with Gasteiger partial charge in [-0.2, -0.15) is 0 Å². The standard InChI is InChI=1S/C21H24O6/c1-3-26-20(23)13-16-7-9-17(10-8-16)19-6-4-5-18(14-22)21(19)27-15-25-12-11-24-2/h4-10,14H,3,11-13,15H2,1-2H3. The zero-order chi connectivity index (χ0) is 19.5. The third-order valence-electron chi connectivity index (χ3n) is 3.81. The third-order valence-corrected chi connectivity index (χ3v) is 3.81. The Hall–Kier alpha value is -2.70. The molecule has 0 fully saturated rings. The highest BCUT2D eigenvalue weighted by atomic mass is 16.7. The number of ether oxygens (including phenoxy) is 4. The van der Waals surface area contributed by atoms with Gasteiger partial charge in [0.05, 0.1) is 31.8 Å². The lowest BCUT2D eigenvalue weighted by molar-refractivity contribution is -0.142. The molecule has 144 valence electrons. The molecule has 27 heavy (non-hydrogen) atoms. The van der Waals surface area contributed by atoms with Crippen molar-refractivity contribution in [3.8, 4) is 16.9 Å². The topological polar surface area (TPSA) is 71.1 Å². The summed E-state index contributed by atoms with van der Waals surface area (Å²) in [4.78, 5) is 23.0. The van der Waals surface area contributed by atoms with Crippen molar-refractivity contribution in [1.29, 1.82) is 0 Å². The Balaban J connectivity index is 2.16. The minimum atomic E-state index is -0.259. The fourth-order valence-electron chi connectivity index (χ4n) is 2.52. The van der Waals surface area contributed by atoms with Gasteiger partial charge in [-0.1, -0.05) is 36.4 Å². The van der Waals surface area contributed by atoms with Gasteiger partial charge >= 0.3 is 5.97 Å². The van der Waals surface area contributed by atoms with E-state index in [1.807, 2.05) is 30.3 Å². The van der Waals surface area contributed by atoms with Crippen LogP contribution in [-0.2, 0) is 25.4 Å². The Labute approximate surface area is 159 Å². The molecule has 0 heterocycles. The maximum atomic E-state index is 11.6. The molecule has 0 aliphatic carbocycles. The summed E-state index contributed by atoms with van der Waals surface area (Å²) in [6.45, 7) is 3.03. The molecule has 0 saturated carbocycles. The van der Waals surface area contributed by atoms with Crippen LogP contribution in [0.25, 0.3) is 11.1 Å². The highest BCUT2D eigenvalue weighted by Gasteiger charge is 2.12. The van der Waals surface area contributed by atoms with Crippen LogP contribution in [0, 0.1) is 0 Å². The second kappa shape index (κ2) is 11.1. The van der Waals surface area contributed by atoms with Crippen molar-refractivity contribution in [1.82, 2.24) is 0 Å². The van der Waals surface area contributed by atoms with Crippen LogP contribution in [0.3, 0.4) is 0 Å². The van der Waals surface area contributed by atoms with E-state index < -0.39 is 0 Å². The van der Waals surface area contributed by atoms with Gasteiger partial charge in [-0.25, -0.2) is 0 Å². The molecule has 0 unspecified atom stereocenters. The van der Waals surface area contributed by atoms with Gasteiger partial charge in [0.25, 0.3) is 0 Å². The van der Waals surface area contributed by atoms with Crippen molar-refractivity contribution < 1.29 is 28.5 Å². The van der Waals surface area contributed by atoms with Crippen LogP contribution in [0.1, 0.15) is 22.8 Å². The van der Waals surface area contributed by atoms with E-state index in [1.165, 1.54) is 0 Å². The van der Waals surface area contributed by atoms with Crippen molar-refractivity contribution in [2.75, 3.05) is 33.7 Å². The van der Waals surface area contributed by atoms with Gasteiger partial charge in [0.15, 0.2) is 13.1 Å². The van der Waals surface area contributed by atoms with Crippen LogP contribution in [0.5, 0.6) is 5.75 Å². The first-order valence-corrected chi connectivity index (χ1v) is 8.72. The number of esters is 1. The molecule has 0 N–H and O–H groups in total. The Bertz CT molecular complexity index is 739. The van der Waals surface area contributed by atoms with E-state index in [2.05, 4.69) is 0 Å². The largest absolute Gasteiger partial charge is 0.466 e. The number of benzene rings is 2. The van der Waals surface area contributed by atoms with Gasteiger partial charge in [0.2, 0.25) is 0 Å². The van der Waals surface area contributed by atoms with Gasteiger partial charge < -0.3 is 18.9 Å². The fraction of sp³-hybridized carbons (Fsp3) is 0.333. The summed E-state index contributed by atoms with van der Waals surface area (Å²) < 4.78 is 20.9. The average molecular weight is 372 g/mol. The summed E-state index contributed by atoms with van der Waals surface area (Å²) in [7, 11) is 1.59. The van der Waals surface area contributed by atoms with Crippen LogP contribution < -0.4 is 4.74 Å². The quantitative estimate of drug-likeness (QED) is 0.261. The van der Waals surface area contributed by atoms with Crippen molar-refractivity contribution in [2.24, 2.45) is 0 Å². The van der Waals surface area contributed by atoms with E-state index in [4.69, 9.17) is 18.9 Å². The van der Waals surface area contributed by atoms with Crippen molar-refractivity contribution in [3.05, 3.63) is 53.6 Å². The summed E-state index contributed by atoms with van der Waals surface area (Å²) in [5.74, 6) is 0.202. The number of carbonyl (C=O) groups is 2. The number of carbonyl (C=O) groups excluding carboxylic acids is 2. The lowest BCUT2D eigenvalue weighted by Crippen LogP contribution is -2.09. The van der Waals surface area contributed by atoms with E-state index in [-0.39, 0.29) is 19.2 Å². The summed E-state index contributed by atoms with van der Waals surface area (Å²) in [5.41, 5.74) is 2.95. The second-order valence-corrected chi connectivity index (χ2v) is 5.68. The van der Waals surface area contributed by atoms with Crippen LogP contribution in [-0.4, -0.2) is 46.0 Å². The molecule has 0 spiro atoms. The molecule has 0 bridgehead atoms. The number of hydrogen-bond acceptors (Lipinski definition) is 6. The highest BCUT2D eigenvalue weighted by molar-refractivity contribution is 5.86. The zero-order valence-electron chi connectivity index (χ0n) is 15.6. The van der Waals surface area contributed by atoms with Crippen LogP contribution >= 0.6 is 0 Å². The van der Waals surface area contributed by atoms with E-state index >= 15 is 0 Å². The van der Waals surface area contributed by atoms with Crippen LogP contribution in [0.4, 0.5) is 0 Å². The average Bonchev–Trinajstić information content (AvgIpc) is 2.68. The second-order valence-electron chi connectivity index (χ2n) is 5.68. The van der Waals surface area contributed by atoms with Crippen LogP contribution in [0.2, 0.25) is 0 Å². The summed E-state index contributed by atoms with van der Waals surface area (Å²) in [6, 6.07) is 12.9. The van der Waals surface area contributed by atoms with E-state index in [1.54, 1.807) is 26.2 Å². The number of aldehydes is 1. The smallest absolute Gasteiger partial charge is 0.310 e. The molecule has 2 rings (SSSR count). The molecule has 0 radical (unpaired) electrons. The molecule has 0 aromatic heterocycles. The molecule has 0 aliphatic rings. The monoisotopic (exact) mass is 372 g/mol. The Morgan fingerprint density at radius 3 is 2.52 bits per heavy atom. The number of para-hydroxylation sites is 1. The Kier molecular flexibility index (Phi) is 8.48. The minimum Gasteiger partial charge on any atom is -0.466 e. The van der Waals surface area contributed by atoms with Gasteiger partial charge in [-0.15, -0.1) is 0 Å². The third kappa shape index (κ3) is 6.20. The first kappa shape index (κ1) is 20.6. The Morgan fingerprint density at radius 1 is 1.07 bits per heavy atom. The van der Waals surface area contributed by atoms with Gasteiger partial charge in [0.1, 0.15) is 5.75 Å². The normalized spacial score (nSPS) is 10.4. The summed E-state index contributed by atoms with van der Waals surface area (Å²) >= 11 is 0. The van der Waals surface area contributed by atoms with Crippen molar-refractivity contribution >= 4 is 12.3 Å². The molecule has 0 amide bonds. The first-order valence-electron chi connectivity index (χ1n) is 8.72. The van der Waals surface area contributed by atoms with Crippen molar-refractivity contribution in [3.63, 3.8) is 0 Å². The summed E-state index contributed by atoms with van der Waals surface area (Å²) in [6.07, 6.45) is 0.975. The van der Waals surface area contributed by atoms with Crippen molar-refractivity contribution in [2.45, 2.75) is 13.3 Å². The molecule has 6 nitrogen and oxygen atoms in total. The van der Waals surface area contributed by atoms with Gasteiger partial charge in [-0.3, -0.25) is 9.59 Å². The number of rotatable bonds is 11. The SMILES string of the molecule is CCOC(=O)Cc1ccc(-c2cccc(C=O)c2OCOCCOC)cc1. The van der Waals surface area contributed by atoms with E-state index in [9.17, 15) is 9.59 Å². The lowest BCUT2D eigenvalue weighted by atomic mass is 10.00. The van der Waals surface area contributed by atoms with Gasteiger partial charge in [-0.05, 0) is 24.1 Å². The maximum absolute atomic E-state index is 11.6. The predicted molar refractivity (Wildman–Crippen MR) is 101 cm³/mol. The van der Waals surface area contributed by atoms with E-state index in [0.29, 0.717) is 31.1 Å². The maximum Gasteiger partial charge on any atom is 0.310 e.